The number of nitrogens with zero attached hydrogens (tertiary/aromatic N) is 5. The maximum Gasteiger partial charge on any atom is 0.287 e. The van der Waals surface area contributed by atoms with Crippen molar-refractivity contribution in [2.75, 3.05) is 31.1 Å². The third kappa shape index (κ3) is 3.92. The number of rotatable bonds is 4. The summed E-state index contributed by atoms with van der Waals surface area (Å²) >= 11 is 1.24. The predicted molar refractivity (Wildman–Crippen MR) is 107 cm³/mol. The van der Waals surface area contributed by atoms with Crippen LogP contribution in [0.5, 0.6) is 0 Å². The Hall–Kier alpha value is -3.40. The zero-order chi connectivity index (χ0) is 20.4. The molecule has 10 heteroatoms. The highest BCUT2D eigenvalue weighted by Crippen LogP contribution is 2.27. The highest BCUT2D eigenvalue weighted by atomic mass is 32.1. The number of nitro groups is 1. The largest absolute Gasteiger partial charge is 0.353 e. The van der Waals surface area contributed by atoms with Crippen molar-refractivity contribution in [1.29, 1.82) is 0 Å². The van der Waals surface area contributed by atoms with Gasteiger partial charge in [0.1, 0.15) is 28.5 Å². The average molecular weight is 413 g/mol. The molecular formula is C19H16FN5O3S. The number of benzene rings is 1. The van der Waals surface area contributed by atoms with Gasteiger partial charge < -0.3 is 9.80 Å². The number of anilines is 1. The fourth-order valence-electron chi connectivity index (χ4n) is 3.10. The lowest BCUT2D eigenvalue weighted by atomic mass is 10.2. The lowest BCUT2D eigenvalue weighted by molar-refractivity contribution is -0.385. The molecule has 4 rings (SSSR count). The number of carbonyl (C=O) groups excluding carboxylic acids is 1. The van der Waals surface area contributed by atoms with Crippen molar-refractivity contribution in [1.82, 2.24) is 14.9 Å². The van der Waals surface area contributed by atoms with Gasteiger partial charge in [-0.1, -0.05) is 12.1 Å². The third-order valence-electron chi connectivity index (χ3n) is 4.66. The van der Waals surface area contributed by atoms with Crippen LogP contribution in [0.15, 0.2) is 48.0 Å². The predicted octanol–water partition coefficient (Wildman–Crippen LogP) is 3.21. The molecule has 0 N–H and O–H groups in total. The molecule has 0 aliphatic carbocycles. The van der Waals surface area contributed by atoms with E-state index in [-0.39, 0.29) is 17.4 Å². The normalized spacial score (nSPS) is 14.1. The van der Waals surface area contributed by atoms with E-state index in [2.05, 4.69) is 9.97 Å². The molecule has 0 saturated carbocycles. The van der Waals surface area contributed by atoms with Crippen LogP contribution in [0.1, 0.15) is 10.5 Å². The van der Waals surface area contributed by atoms with E-state index < -0.39 is 4.92 Å². The topological polar surface area (TPSA) is 92.5 Å². The summed E-state index contributed by atoms with van der Waals surface area (Å²) in [5.74, 6) is 0.0726. The summed E-state index contributed by atoms with van der Waals surface area (Å²) < 4.78 is 13.9. The Morgan fingerprint density at radius 1 is 1.14 bits per heavy atom. The van der Waals surface area contributed by atoms with Crippen LogP contribution in [0.25, 0.3) is 10.6 Å². The first kappa shape index (κ1) is 18.9. The molecule has 1 fully saturated rings. The van der Waals surface area contributed by atoms with Gasteiger partial charge in [-0.3, -0.25) is 14.9 Å². The molecule has 148 valence electrons. The van der Waals surface area contributed by atoms with E-state index in [1.807, 2.05) is 4.90 Å². The zero-order valence-electron chi connectivity index (χ0n) is 15.2. The van der Waals surface area contributed by atoms with E-state index in [4.69, 9.17) is 0 Å². The fourth-order valence-corrected chi connectivity index (χ4v) is 3.92. The summed E-state index contributed by atoms with van der Waals surface area (Å²) in [7, 11) is 0. The molecule has 29 heavy (non-hydrogen) atoms. The summed E-state index contributed by atoms with van der Waals surface area (Å²) in [6.07, 6.45) is 1.23. The van der Waals surface area contributed by atoms with Gasteiger partial charge in [0.15, 0.2) is 0 Å². The Morgan fingerprint density at radius 2 is 1.90 bits per heavy atom. The van der Waals surface area contributed by atoms with Crippen molar-refractivity contribution >= 4 is 28.7 Å². The van der Waals surface area contributed by atoms with Gasteiger partial charge in [-0.25, -0.2) is 14.4 Å². The first-order chi connectivity index (χ1) is 14.0. The van der Waals surface area contributed by atoms with Crippen molar-refractivity contribution in [3.63, 3.8) is 0 Å². The third-order valence-corrected chi connectivity index (χ3v) is 5.54. The van der Waals surface area contributed by atoms with Gasteiger partial charge in [0.25, 0.3) is 11.6 Å². The van der Waals surface area contributed by atoms with Crippen molar-refractivity contribution in [3.05, 3.63) is 69.6 Å². The number of piperazine rings is 1. The zero-order valence-corrected chi connectivity index (χ0v) is 16.0. The number of halogens is 1. The smallest absolute Gasteiger partial charge is 0.287 e. The van der Waals surface area contributed by atoms with E-state index >= 15 is 0 Å². The molecule has 1 aliphatic rings. The van der Waals surface area contributed by atoms with E-state index in [1.165, 1.54) is 29.7 Å². The van der Waals surface area contributed by atoms with E-state index in [1.54, 1.807) is 34.5 Å². The Balaban J connectivity index is 1.40. The van der Waals surface area contributed by atoms with E-state index in [9.17, 15) is 19.3 Å². The van der Waals surface area contributed by atoms with Crippen LogP contribution in [0.3, 0.4) is 0 Å². The quantitative estimate of drug-likeness (QED) is 0.482. The van der Waals surface area contributed by atoms with Gasteiger partial charge in [0, 0.05) is 43.2 Å². The average Bonchev–Trinajstić information content (AvgIpc) is 3.24. The second-order valence-corrected chi connectivity index (χ2v) is 7.29. The van der Waals surface area contributed by atoms with Crippen LogP contribution in [-0.4, -0.2) is 51.9 Å². The molecule has 0 radical (unpaired) electrons. The number of aromatic nitrogens is 2. The molecule has 3 aromatic rings. The Bertz CT molecular complexity index is 1050. The molecule has 1 aliphatic heterocycles. The van der Waals surface area contributed by atoms with Crippen LogP contribution >= 0.6 is 11.3 Å². The number of carbonyl (C=O) groups is 1. The van der Waals surface area contributed by atoms with Gasteiger partial charge in [-0.05, 0) is 18.2 Å². The van der Waals surface area contributed by atoms with Gasteiger partial charge in [-0.15, -0.1) is 11.3 Å². The summed E-state index contributed by atoms with van der Waals surface area (Å²) in [6, 6.07) is 9.36. The lowest BCUT2D eigenvalue weighted by Crippen LogP contribution is -2.49. The minimum Gasteiger partial charge on any atom is -0.353 e. The molecule has 0 unspecified atom stereocenters. The molecule has 0 spiro atoms. The highest BCUT2D eigenvalue weighted by Gasteiger charge is 2.25. The Morgan fingerprint density at radius 3 is 2.55 bits per heavy atom. The van der Waals surface area contributed by atoms with E-state index in [0.717, 1.165) is 0 Å². The molecule has 1 amide bonds. The number of pyridine rings is 1. The second kappa shape index (κ2) is 7.92. The van der Waals surface area contributed by atoms with Gasteiger partial charge in [-0.2, -0.15) is 0 Å². The first-order valence-corrected chi connectivity index (χ1v) is 9.76. The minimum absolute atomic E-state index is 0.0586. The Kier molecular flexibility index (Phi) is 5.17. The minimum atomic E-state index is -0.489. The van der Waals surface area contributed by atoms with Crippen molar-refractivity contribution in [2.24, 2.45) is 0 Å². The van der Waals surface area contributed by atoms with Gasteiger partial charge in [0.2, 0.25) is 0 Å². The monoisotopic (exact) mass is 413 g/mol. The van der Waals surface area contributed by atoms with Gasteiger partial charge >= 0.3 is 0 Å². The van der Waals surface area contributed by atoms with Crippen LogP contribution in [0.2, 0.25) is 0 Å². The van der Waals surface area contributed by atoms with Crippen LogP contribution in [0.4, 0.5) is 15.9 Å². The van der Waals surface area contributed by atoms with Crippen molar-refractivity contribution in [3.8, 4) is 10.6 Å². The fraction of sp³-hybridized carbons (Fsp3) is 0.211. The molecular weight excluding hydrogens is 397 g/mol. The number of thiazole rings is 1. The Labute approximate surface area is 169 Å². The SMILES string of the molecule is O=C(c1csc(-c2ccccc2F)n1)N1CCN(c2ccc([N+](=O)[O-])cn2)CC1. The van der Waals surface area contributed by atoms with Crippen molar-refractivity contribution in [2.45, 2.75) is 0 Å². The lowest BCUT2D eigenvalue weighted by Gasteiger charge is -2.35. The molecule has 2 aromatic heterocycles. The molecule has 8 nitrogen and oxygen atoms in total. The summed E-state index contributed by atoms with van der Waals surface area (Å²) in [5.41, 5.74) is 0.623. The number of amides is 1. The van der Waals surface area contributed by atoms with E-state index in [0.29, 0.717) is 48.3 Å². The van der Waals surface area contributed by atoms with Crippen LogP contribution in [0, 0.1) is 15.9 Å². The summed E-state index contributed by atoms with van der Waals surface area (Å²) in [4.78, 5) is 35.1. The maximum absolute atomic E-state index is 13.9. The van der Waals surface area contributed by atoms with Gasteiger partial charge in [0.05, 0.1) is 4.92 Å². The highest BCUT2D eigenvalue weighted by molar-refractivity contribution is 7.13. The standard InChI is InChI=1S/C19H16FN5O3S/c20-15-4-2-1-3-14(15)18-22-16(12-29-18)19(26)24-9-7-23(8-10-24)17-6-5-13(11-21-17)25(27)28/h1-6,11-12H,7-10H2. The molecule has 3 heterocycles. The maximum atomic E-state index is 13.9. The second-order valence-electron chi connectivity index (χ2n) is 6.43. The van der Waals surface area contributed by atoms with Crippen molar-refractivity contribution < 1.29 is 14.1 Å². The van der Waals surface area contributed by atoms with Crippen LogP contribution in [-0.2, 0) is 0 Å². The molecule has 0 atom stereocenters. The number of hydrogen-bond acceptors (Lipinski definition) is 7. The van der Waals surface area contributed by atoms with Crippen LogP contribution < -0.4 is 4.90 Å². The molecule has 0 bridgehead atoms. The molecule has 1 aromatic carbocycles. The summed E-state index contributed by atoms with van der Waals surface area (Å²) in [6.45, 7) is 2.07. The summed E-state index contributed by atoms with van der Waals surface area (Å²) in [5, 5.41) is 12.9. The first-order valence-electron chi connectivity index (χ1n) is 8.88. The molecule has 1 saturated heterocycles. The number of hydrogen-bond donors (Lipinski definition) is 0.